The van der Waals surface area contributed by atoms with Crippen molar-refractivity contribution in [2.75, 3.05) is 40.9 Å². The number of aliphatic hydroxyl groups is 4. The summed E-state index contributed by atoms with van der Waals surface area (Å²) in [5, 5.41) is 47.0. The first-order valence-corrected chi connectivity index (χ1v) is 16.6. The molecule has 2 aromatic carbocycles. The second-order valence-electron chi connectivity index (χ2n) is 14.0. The largest absolute Gasteiger partial charge is 0.496 e. The maximum atomic E-state index is 13.2. The van der Waals surface area contributed by atoms with Crippen LogP contribution in [0.15, 0.2) is 42.5 Å². The first-order chi connectivity index (χ1) is 22.5. The van der Waals surface area contributed by atoms with Crippen LogP contribution in [-0.4, -0.2) is 108 Å². The normalized spacial score (nSPS) is 21.8. The standard InChI is InChI=1S/C37H55N3O8/c1-9-10-25-21-28(47-8)27(33-32(44)31(43)30(42)29(22-41)48-33)20-26(25)19-24-13-11-23(12-14-24)15-16-36(2,3)34(45)39-37(4,5)35(46)38-17-18-40(6)7/h11-16,20-21,29-33,41-44H,9-10,17-19,22H2,1-8H3,(H,38,46)(H,39,45). The maximum Gasteiger partial charge on any atom is 0.245 e. The summed E-state index contributed by atoms with van der Waals surface area (Å²) in [5.41, 5.74) is 2.60. The molecule has 11 nitrogen and oxygen atoms in total. The number of carbonyl (C=O) groups is 2. The minimum Gasteiger partial charge on any atom is -0.496 e. The maximum absolute atomic E-state index is 13.2. The number of rotatable bonds is 15. The van der Waals surface area contributed by atoms with Crippen LogP contribution in [0, 0.1) is 5.41 Å². The Balaban J connectivity index is 1.77. The van der Waals surface area contributed by atoms with E-state index >= 15 is 0 Å². The lowest BCUT2D eigenvalue weighted by molar-refractivity contribution is -0.232. The molecule has 0 radical (unpaired) electrons. The summed E-state index contributed by atoms with van der Waals surface area (Å²) in [6.07, 6.45) is -0.413. The van der Waals surface area contributed by atoms with Crippen molar-refractivity contribution in [1.29, 1.82) is 0 Å². The number of nitrogens with zero attached hydrogens (tertiary/aromatic N) is 1. The molecule has 5 atom stereocenters. The van der Waals surface area contributed by atoms with E-state index in [0.29, 0.717) is 30.8 Å². The number of nitrogens with one attached hydrogen (secondary N) is 2. The summed E-state index contributed by atoms with van der Waals surface area (Å²) in [6.45, 7) is 9.75. The van der Waals surface area contributed by atoms with Gasteiger partial charge in [0, 0.05) is 18.7 Å². The molecule has 0 spiro atoms. The molecule has 1 saturated heterocycles. The zero-order chi connectivity index (χ0) is 35.8. The van der Waals surface area contributed by atoms with E-state index in [0.717, 1.165) is 35.1 Å². The Morgan fingerprint density at radius 3 is 2.23 bits per heavy atom. The summed E-state index contributed by atoms with van der Waals surface area (Å²) >= 11 is 0. The fourth-order valence-corrected chi connectivity index (χ4v) is 5.57. The summed E-state index contributed by atoms with van der Waals surface area (Å²) in [5.74, 6) is -0.0133. The van der Waals surface area contributed by atoms with Gasteiger partial charge in [-0.25, -0.2) is 0 Å². The predicted molar refractivity (Wildman–Crippen MR) is 186 cm³/mol. The Bertz CT molecular complexity index is 1400. The zero-order valence-electron chi connectivity index (χ0n) is 29.6. The van der Waals surface area contributed by atoms with E-state index in [4.69, 9.17) is 9.47 Å². The average Bonchev–Trinajstić information content (AvgIpc) is 3.03. The van der Waals surface area contributed by atoms with Gasteiger partial charge >= 0.3 is 0 Å². The highest BCUT2D eigenvalue weighted by Gasteiger charge is 2.45. The summed E-state index contributed by atoms with van der Waals surface area (Å²) in [6, 6.07) is 11.8. The minimum absolute atomic E-state index is 0.243. The highest BCUT2D eigenvalue weighted by atomic mass is 16.5. The van der Waals surface area contributed by atoms with E-state index < -0.39 is 48.1 Å². The molecule has 1 aliphatic heterocycles. The molecular weight excluding hydrogens is 614 g/mol. The Hall–Kier alpha value is -3.32. The van der Waals surface area contributed by atoms with Gasteiger partial charge in [0.2, 0.25) is 11.8 Å². The third kappa shape index (κ3) is 9.87. The third-order valence-corrected chi connectivity index (χ3v) is 8.76. The fourth-order valence-electron chi connectivity index (χ4n) is 5.57. The number of ether oxygens (including phenoxy) is 2. The number of benzene rings is 2. The molecule has 1 heterocycles. The van der Waals surface area contributed by atoms with E-state index in [9.17, 15) is 30.0 Å². The fraction of sp³-hybridized carbons (Fsp3) is 0.568. The number of likely N-dealkylation sites (N-methyl/N-ethyl adjacent to an activating group) is 1. The Morgan fingerprint density at radius 1 is 0.979 bits per heavy atom. The van der Waals surface area contributed by atoms with Gasteiger partial charge in [-0.1, -0.05) is 49.8 Å². The summed E-state index contributed by atoms with van der Waals surface area (Å²) < 4.78 is 11.5. The molecule has 5 unspecified atom stereocenters. The van der Waals surface area contributed by atoms with E-state index in [1.165, 1.54) is 7.11 Å². The SMILES string of the molecule is CCCc1cc(OC)c(C2OC(CO)C(O)C(O)C2O)cc1Cc1ccc(C=CC(C)(C)C(=O)NC(C)(C)C(=O)NCCN(C)C)cc1. The van der Waals surface area contributed by atoms with Crippen LogP contribution in [0.25, 0.3) is 6.08 Å². The number of aryl methyl sites for hydroxylation is 1. The molecule has 6 N–H and O–H groups in total. The van der Waals surface area contributed by atoms with Crippen molar-refractivity contribution in [3.63, 3.8) is 0 Å². The molecule has 2 amide bonds. The van der Waals surface area contributed by atoms with Gasteiger partial charge in [-0.05, 0) is 89.0 Å². The van der Waals surface area contributed by atoms with E-state index in [1.54, 1.807) is 27.7 Å². The smallest absolute Gasteiger partial charge is 0.245 e. The van der Waals surface area contributed by atoms with Crippen LogP contribution in [0.5, 0.6) is 5.75 Å². The van der Waals surface area contributed by atoms with Gasteiger partial charge < -0.3 is 45.4 Å². The van der Waals surface area contributed by atoms with Crippen molar-refractivity contribution in [1.82, 2.24) is 15.5 Å². The van der Waals surface area contributed by atoms with Gasteiger partial charge in [0.1, 0.15) is 41.8 Å². The molecule has 11 heteroatoms. The molecule has 0 saturated carbocycles. The minimum atomic E-state index is -1.50. The van der Waals surface area contributed by atoms with Gasteiger partial charge in [0.25, 0.3) is 0 Å². The van der Waals surface area contributed by atoms with Gasteiger partial charge in [-0.2, -0.15) is 0 Å². The topological polar surface area (TPSA) is 161 Å². The van der Waals surface area contributed by atoms with Crippen molar-refractivity contribution < 1.29 is 39.5 Å². The molecule has 0 bridgehead atoms. The first-order valence-electron chi connectivity index (χ1n) is 16.6. The number of hydrogen-bond donors (Lipinski definition) is 6. The van der Waals surface area contributed by atoms with E-state index in [1.807, 2.05) is 67.5 Å². The molecule has 0 aliphatic carbocycles. The van der Waals surface area contributed by atoms with Gasteiger partial charge in [0.15, 0.2) is 0 Å². The third-order valence-electron chi connectivity index (χ3n) is 8.76. The molecule has 2 aromatic rings. The van der Waals surface area contributed by atoms with E-state index in [2.05, 4.69) is 17.6 Å². The molecule has 48 heavy (non-hydrogen) atoms. The Labute approximate surface area is 285 Å². The predicted octanol–water partition coefficient (Wildman–Crippen LogP) is 2.37. The van der Waals surface area contributed by atoms with Crippen molar-refractivity contribution in [3.8, 4) is 5.75 Å². The monoisotopic (exact) mass is 669 g/mol. The second kappa shape index (κ2) is 16.9. The van der Waals surface area contributed by atoms with Crippen LogP contribution in [-0.2, 0) is 27.2 Å². The number of aliphatic hydroxyl groups excluding tert-OH is 4. The number of carbonyl (C=O) groups excluding carboxylic acids is 2. The van der Waals surface area contributed by atoms with Crippen LogP contribution in [0.2, 0.25) is 0 Å². The lowest BCUT2D eigenvalue weighted by atomic mass is 9.87. The van der Waals surface area contributed by atoms with Crippen LogP contribution in [0.3, 0.4) is 0 Å². The first kappa shape index (κ1) is 39.1. The highest BCUT2D eigenvalue weighted by molar-refractivity contribution is 5.93. The second-order valence-corrected chi connectivity index (χ2v) is 14.0. The molecule has 1 aliphatic rings. The van der Waals surface area contributed by atoms with Crippen molar-refractivity contribution >= 4 is 17.9 Å². The molecular formula is C37H55N3O8. The van der Waals surface area contributed by atoms with Crippen molar-refractivity contribution in [2.24, 2.45) is 5.41 Å². The molecule has 0 aromatic heterocycles. The Morgan fingerprint density at radius 2 is 1.65 bits per heavy atom. The summed E-state index contributed by atoms with van der Waals surface area (Å²) in [4.78, 5) is 27.8. The zero-order valence-corrected chi connectivity index (χ0v) is 29.6. The molecule has 1 fully saturated rings. The van der Waals surface area contributed by atoms with Gasteiger partial charge in [-0.15, -0.1) is 0 Å². The quantitative estimate of drug-likeness (QED) is 0.167. The number of hydrogen-bond acceptors (Lipinski definition) is 9. The van der Waals surface area contributed by atoms with Gasteiger partial charge in [0.05, 0.1) is 19.1 Å². The van der Waals surface area contributed by atoms with Crippen LogP contribution in [0.4, 0.5) is 0 Å². The number of methoxy groups -OCH3 is 1. The molecule has 266 valence electrons. The van der Waals surface area contributed by atoms with Gasteiger partial charge in [-0.3, -0.25) is 9.59 Å². The highest BCUT2D eigenvalue weighted by Crippen LogP contribution is 2.39. The summed E-state index contributed by atoms with van der Waals surface area (Å²) in [7, 11) is 5.38. The number of amides is 2. The van der Waals surface area contributed by atoms with E-state index in [-0.39, 0.29) is 11.8 Å². The van der Waals surface area contributed by atoms with Crippen LogP contribution in [0.1, 0.15) is 75.0 Å². The molecule has 3 rings (SSSR count). The van der Waals surface area contributed by atoms with Crippen LogP contribution >= 0.6 is 0 Å². The lowest BCUT2D eigenvalue weighted by Crippen LogP contribution is -2.57. The van der Waals surface area contributed by atoms with Crippen molar-refractivity contribution in [3.05, 3.63) is 70.3 Å². The van der Waals surface area contributed by atoms with Crippen LogP contribution < -0.4 is 15.4 Å². The Kier molecular flexibility index (Phi) is 13.7. The van der Waals surface area contributed by atoms with Crippen molar-refractivity contribution in [2.45, 2.75) is 89.9 Å². The lowest BCUT2D eigenvalue weighted by Gasteiger charge is -2.40. The average molecular weight is 670 g/mol.